The summed E-state index contributed by atoms with van der Waals surface area (Å²) >= 11 is 0. The molecule has 0 spiro atoms. The first kappa shape index (κ1) is 16.7. The van der Waals surface area contributed by atoms with Gasteiger partial charge in [-0.2, -0.15) is 5.10 Å². The SMILES string of the molecule is COc1cn(-c2ccccc2)nc1C(=O)NC[C@@H](O)c1ccccc1. The Kier molecular flexibility index (Phi) is 5.11. The number of para-hydroxylation sites is 1. The summed E-state index contributed by atoms with van der Waals surface area (Å²) in [5.74, 6) is -0.0305. The molecule has 6 nitrogen and oxygen atoms in total. The minimum absolute atomic E-state index is 0.0875. The molecule has 0 aliphatic heterocycles. The first-order chi connectivity index (χ1) is 12.2. The minimum atomic E-state index is -0.785. The van der Waals surface area contributed by atoms with Crippen LogP contribution in [0.15, 0.2) is 66.9 Å². The summed E-state index contributed by atoms with van der Waals surface area (Å²) in [6.45, 7) is 0.0875. The number of carbonyl (C=O) groups excluding carboxylic acids is 1. The minimum Gasteiger partial charge on any atom is -0.493 e. The fourth-order valence-electron chi connectivity index (χ4n) is 2.44. The number of aromatic nitrogens is 2. The number of nitrogens with one attached hydrogen (secondary N) is 1. The summed E-state index contributed by atoms with van der Waals surface area (Å²) in [6.07, 6.45) is 0.866. The summed E-state index contributed by atoms with van der Waals surface area (Å²) < 4.78 is 6.84. The van der Waals surface area contributed by atoms with Gasteiger partial charge in [-0.15, -0.1) is 0 Å². The number of hydrogen-bond acceptors (Lipinski definition) is 4. The van der Waals surface area contributed by atoms with E-state index in [1.54, 1.807) is 10.9 Å². The van der Waals surface area contributed by atoms with Crippen LogP contribution in [-0.2, 0) is 0 Å². The van der Waals surface area contributed by atoms with Gasteiger partial charge in [-0.05, 0) is 17.7 Å². The molecule has 128 valence electrons. The highest BCUT2D eigenvalue weighted by molar-refractivity contribution is 5.95. The molecule has 2 aromatic carbocycles. The Labute approximate surface area is 145 Å². The Hall–Kier alpha value is -3.12. The highest BCUT2D eigenvalue weighted by atomic mass is 16.5. The Morgan fingerprint density at radius 2 is 1.80 bits per heavy atom. The highest BCUT2D eigenvalue weighted by Gasteiger charge is 2.19. The van der Waals surface area contributed by atoms with Crippen molar-refractivity contribution in [2.75, 3.05) is 13.7 Å². The predicted molar refractivity (Wildman–Crippen MR) is 93.9 cm³/mol. The van der Waals surface area contributed by atoms with Crippen LogP contribution in [0.2, 0.25) is 0 Å². The number of nitrogens with zero attached hydrogens (tertiary/aromatic N) is 2. The monoisotopic (exact) mass is 337 g/mol. The van der Waals surface area contributed by atoms with Crippen LogP contribution >= 0.6 is 0 Å². The van der Waals surface area contributed by atoms with Crippen LogP contribution in [0.4, 0.5) is 0 Å². The highest BCUT2D eigenvalue weighted by Crippen LogP contribution is 2.19. The molecule has 1 atom stereocenters. The van der Waals surface area contributed by atoms with E-state index in [9.17, 15) is 9.90 Å². The number of benzene rings is 2. The van der Waals surface area contributed by atoms with Crippen LogP contribution in [0.25, 0.3) is 5.69 Å². The number of hydrogen-bond donors (Lipinski definition) is 2. The normalized spacial score (nSPS) is 11.8. The molecule has 0 bridgehead atoms. The lowest BCUT2D eigenvalue weighted by atomic mass is 10.1. The van der Waals surface area contributed by atoms with Crippen molar-refractivity contribution in [3.63, 3.8) is 0 Å². The third-order valence-corrected chi connectivity index (χ3v) is 3.78. The fraction of sp³-hybridized carbons (Fsp3) is 0.158. The van der Waals surface area contributed by atoms with Crippen LogP contribution in [0, 0.1) is 0 Å². The molecule has 0 aliphatic carbocycles. The second kappa shape index (κ2) is 7.63. The first-order valence-corrected chi connectivity index (χ1v) is 7.89. The zero-order valence-electron chi connectivity index (χ0n) is 13.8. The van der Waals surface area contributed by atoms with E-state index < -0.39 is 12.0 Å². The Morgan fingerprint density at radius 1 is 1.16 bits per heavy atom. The molecule has 0 saturated carbocycles. The standard InChI is InChI=1S/C19H19N3O3/c1-25-17-13-22(15-10-6-3-7-11-15)21-18(17)19(24)20-12-16(23)14-8-4-2-5-9-14/h2-11,13,16,23H,12H2,1H3,(H,20,24)/t16-/m1/s1. The van der Waals surface area contributed by atoms with E-state index in [1.807, 2.05) is 60.7 Å². The molecule has 1 amide bonds. The van der Waals surface area contributed by atoms with Gasteiger partial charge in [-0.1, -0.05) is 48.5 Å². The molecule has 0 unspecified atom stereocenters. The number of carbonyl (C=O) groups is 1. The van der Waals surface area contributed by atoms with Crippen molar-refractivity contribution >= 4 is 5.91 Å². The van der Waals surface area contributed by atoms with Crippen molar-refractivity contribution in [1.29, 1.82) is 0 Å². The maximum atomic E-state index is 12.4. The van der Waals surface area contributed by atoms with Crippen molar-refractivity contribution in [3.8, 4) is 11.4 Å². The molecular weight excluding hydrogens is 318 g/mol. The van der Waals surface area contributed by atoms with Gasteiger partial charge in [0.1, 0.15) is 0 Å². The van der Waals surface area contributed by atoms with E-state index in [1.165, 1.54) is 7.11 Å². The van der Waals surface area contributed by atoms with Gasteiger partial charge in [0.05, 0.1) is 25.1 Å². The van der Waals surface area contributed by atoms with Crippen molar-refractivity contribution in [3.05, 3.63) is 78.1 Å². The van der Waals surface area contributed by atoms with Gasteiger partial charge in [-0.3, -0.25) is 4.79 Å². The number of methoxy groups -OCH3 is 1. The molecule has 2 N–H and O–H groups in total. The lowest BCUT2D eigenvalue weighted by Gasteiger charge is -2.11. The van der Waals surface area contributed by atoms with Crippen LogP contribution in [0.5, 0.6) is 5.75 Å². The van der Waals surface area contributed by atoms with E-state index in [0.29, 0.717) is 5.75 Å². The summed E-state index contributed by atoms with van der Waals surface area (Å²) in [5, 5.41) is 17.1. The van der Waals surface area contributed by atoms with Gasteiger partial charge < -0.3 is 15.2 Å². The van der Waals surface area contributed by atoms with Crippen molar-refractivity contribution in [1.82, 2.24) is 15.1 Å². The fourth-order valence-corrected chi connectivity index (χ4v) is 2.44. The van der Waals surface area contributed by atoms with Crippen LogP contribution in [0.3, 0.4) is 0 Å². The molecule has 3 aromatic rings. The van der Waals surface area contributed by atoms with Crippen molar-refractivity contribution in [2.45, 2.75) is 6.10 Å². The topological polar surface area (TPSA) is 76.4 Å². The van der Waals surface area contributed by atoms with Crippen LogP contribution < -0.4 is 10.1 Å². The van der Waals surface area contributed by atoms with Crippen molar-refractivity contribution < 1.29 is 14.6 Å². The van der Waals surface area contributed by atoms with Gasteiger partial charge in [0.25, 0.3) is 5.91 Å². The number of rotatable bonds is 6. The molecule has 0 aliphatic rings. The zero-order chi connectivity index (χ0) is 17.6. The summed E-state index contributed by atoms with van der Waals surface area (Å²) in [5.41, 5.74) is 1.74. The average molecular weight is 337 g/mol. The zero-order valence-corrected chi connectivity index (χ0v) is 13.8. The molecule has 0 saturated heterocycles. The van der Waals surface area contributed by atoms with Gasteiger partial charge in [0.15, 0.2) is 11.4 Å². The second-order valence-corrected chi connectivity index (χ2v) is 5.46. The maximum Gasteiger partial charge on any atom is 0.275 e. The average Bonchev–Trinajstić information content (AvgIpc) is 3.12. The van der Waals surface area contributed by atoms with E-state index in [4.69, 9.17) is 4.74 Å². The molecule has 0 fully saturated rings. The number of aliphatic hydroxyl groups is 1. The summed E-state index contributed by atoms with van der Waals surface area (Å²) in [4.78, 5) is 12.4. The molecular formula is C19H19N3O3. The number of amides is 1. The van der Waals surface area contributed by atoms with Gasteiger partial charge in [0.2, 0.25) is 0 Å². The first-order valence-electron chi connectivity index (χ1n) is 7.89. The number of ether oxygens (including phenoxy) is 1. The van der Waals surface area contributed by atoms with Crippen LogP contribution in [0.1, 0.15) is 22.2 Å². The van der Waals surface area contributed by atoms with E-state index in [2.05, 4.69) is 10.4 Å². The third-order valence-electron chi connectivity index (χ3n) is 3.78. The lowest BCUT2D eigenvalue weighted by Crippen LogP contribution is -2.29. The van der Waals surface area contributed by atoms with E-state index in [-0.39, 0.29) is 12.2 Å². The lowest BCUT2D eigenvalue weighted by molar-refractivity contribution is 0.0908. The van der Waals surface area contributed by atoms with Gasteiger partial charge >= 0.3 is 0 Å². The molecule has 1 heterocycles. The Bertz CT molecular complexity index is 832. The summed E-state index contributed by atoms with van der Waals surface area (Å²) in [7, 11) is 1.49. The Morgan fingerprint density at radius 3 is 2.44 bits per heavy atom. The van der Waals surface area contributed by atoms with Gasteiger partial charge in [-0.25, -0.2) is 4.68 Å². The quantitative estimate of drug-likeness (QED) is 0.724. The molecule has 25 heavy (non-hydrogen) atoms. The van der Waals surface area contributed by atoms with Crippen LogP contribution in [-0.4, -0.2) is 34.4 Å². The largest absolute Gasteiger partial charge is 0.493 e. The maximum absolute atomic E-state index is 12.4. The Balaban J connectivity index is 1.72. The predicted octanol–water partition coefficient (Wildman–Crippen LogP) is 2.34. The molecule has 1 aromatic heterocycles. The molecule has 3 rings (SSSR count). The molecule has 0 radical (unpaired) electrons. The number of aliphatic hydroxyl groups excluding tert-OH is 1. The van der Waals surface area contributed by atoms with Crippen molar-refractivity contribution in [2.24, 2.45) is 0 Å². The summed E-state index contributed by atoms with van der Waals surface area (Å²) in [6, 6.07) is 18.6. The molecule has 6 heteroatoms. The van der Waals surface area contributed by atoms with E-state index >= 15 is 0 Å². The van der Waals surface area contributed by atoms with E-state index in [0.717, 1.165) is 11.3 Å². The van der Waals surface area contributed by atoms with Gasteiger partial charge in [0, 0.05) is 6.54 Å². The second-order valence-electron chi connectivity index (χ2n) is 5.46. The smallest absolute Gasteiger partial charge is 0.275 e. The third kappa shape index (κ3) is 3.87.